The van der Waals surface area contributed by atoms with Crippen LogP contribution in [-0.2, 0) is 14.3 Å². The fraction of sp³-hybridized carbons (Fsp3) is 0.579. The third kappa shape index (κ3) is 4.73. The highest BCUT2D eigenvalue weighted by Crippen LogP contribution is 2.42. The van der Waals surface area contributed by atoms with Gasteiger partial charge in [0, 0.05) is 12.5 Å². The van der Waals surface area contributed by atoms with Crippen LogP contribution >= 0.6 is 0 Å². The first-order valence-electron chi connectivity index (χ1n) is 8.64. The summed E-state index contributed by atoms with van der Waals surface area (Å²) < 4.78 is 4.98. The number of phenolic OH excluding ortho intramolecular Hbond substituents is 1. The van der Waals surface area contributed by atoms with E-state index in [4.69, 9.17) is 4.74 Å². The van der Waals surface area contributed by atoms with Gasteiger partial charge in [0.15, 0.2) is 0 Å². The van der Waals surface area contributed by atoms with Crippen LogP contribution in [-0.4, -0.2) is 41.6 Å². The molecule has 132 valence electrons. The summed E-state index contributed by atoms with van der Waals surface area (Å²) in [5.41, 5.74) is 1.15. The molecule has 5 nitrogen and oxygen atoms in total. The molecular formula is C19H27NO4. The molecule has 2 rings (SSSR count). The van der Waals surface area contributed by atoms with Crippen LogP contribution < -0.4 is 0 Å². The van der Waals surface area contributed by atoms with Crippen LogP contribution in [0, 0.1) is 11.8 Å². The van der Waals surface area contributed by atoms with Crippen LogP contribution in [0.1, 0.15) is 45.1 Å². The molecular weight excluding hydrogens is 306 g/mol. The fourth-order valence-electron chi connectivity index (χ4n) is 3.13. The number of carbonyl (C=O) groups is 2. The quantitative estimate of drug-likeness (QED) is 0.779. The maximum atomic E-state index is 12.7. The number of rotatable bonds is 7. The number of benzene rings is 1. The number of amides is 1. The molecule has 1 aliphatic carbocycles. The summed E-state index contributed by atoms with van der Waals surface area (Å²) in [5.74, 6) is 0.576. The standard InChI is InChI=1S/C19H27NO4/c1-4-24-18(22)12-20(11-13(2)3)19(23)16-9-15(10-16)14-5-7-17(21)8-6-14/h5-8,13,15-16,21H,4,9-12H2,1-3H3. The summed E-state index contributed by atoms with van der Waals surface area (Å²) in [5, 5.41) is 9.35. The fourth-order valence-corrected chi connectivity index (χ4v) is 3.13. The van der Waals surface area contributed by atoms with Crippen LogP contribution in [0.25, 0.3) is 0 Å². The molecule has 0 unspecified atom stereocenters. The highest BCUT2D eigenvalue weighted by atomic mass is 16.5. The van der Waals surface area contributed by atoms with Crippen molar-refractivity contribution in [2.75, 3.05) is 19.7 Å². The average Bonchev–Trinajstić information content (AvgIpc) is 2.46. The Bertz CT molecular complexity index is 561. The molecule has 1 aromatic carbocycles. The van der Waals surface area contributed by atoms with Gasteiger partial charge in [-0.05, 0) is 49.3 Å². The number of hydrogen-bond acceptors (Lipinski definition) is 4. The van der Waals surface area contributed by atoms with E-state index >= 15 is 0 Å². The summed E-state index contributed by atoms with van der Waals surface area (Å²) in [6, 6.07) is 7.17. The molecule has 1 amide bonds. The summed E-state index contributed by atoms with van der Waals surface area (Å²) in [6.45, 7) is 6.76. The van der Waals surface area contributed by atoms with E-state index in [2.05, 4.69) is 0 Å². The Labute approximate surface area is 143 Å². The minimum absolute atomic E-state index is 0.0306. The van der Waals surface area contributed by atoms with Crippen molar-refractivity contribution in [3.05, 3.63) is 29.8 Å². The van der Waals surface area contributed by atoms with E-state index in [-0.39, 0.29) is 30.1 Å². The van der Waals surface area contributed by atoms with Crippen molar-refractivity contribution in [1.82, 2.24) is 4.90 Å². The van der Waals surface area contributed by atoms with Gasteiger partial charge in [-0.15, -0.1) is 0 Å². The Morgan fingerprint density at radius 3 is 2.42 bits per heavy atom. The van der Waals surface area contributed by atoms with E-state index in [1.54, 1.807) is 24.0 Å². The summed E-state index contributed by atoms with van der Waals surface area (Å²) >= 11 is 0. The van der Waals surface area contributed by atoms with Crippen molar-refractivity contribution in [1.29, 1.82) is 0 Å². The summed E-state index contributed by atoms with van der Waals surface area (Å²) in [6.07, 6.45) is 1.59. The van der Waals surface area contributed by atoms with E-state index in [9.17, 15) is 14.7 Å². The van der Waals surface area contributed by atoms with E-state index in [1.807, 2.05) is 26.0 Å². The average molecular weight is 333 g/mol. The first-order chi connectivity index (χ1) is 11.4. The molecule has 0 bridgehead atoms. The summed E-state index contributed by atoms with van der Waals surface area (Å²) in [4.78, 5) is 26.1. The van der Waals surface area contributed by atoms with E-state index < -0.39 is 0 Å². The van der Waals surface area contributed by atoms with Gasteiger partial charge < -0.3 is 14.7 Å². The molecule has 0 aromatic heterocycles. The Hall–Kier alpha value is -2.04. The molecule has 0 saturated heterocycles. The van der Waals surface area contributed by atoms with Crippen LogP contribution in [0.5, 0.6) is 5.75 Å². The molecule has 0 radical (unpaired) electrons. The number of esters is 1. The molecule has 24 heavy (non-hydrogen) atoms. The van der Waals surface area contributed by atoms with Gasteiger partial charge in [0.25, 0.3) is 0 Å². The van der Waals surface area contributed by atoms with Crippen LogP contribution in [0.3, 0.4) is 0 Å². The first-order valence-corrected chi connectivity index (χ1v) is 8.64. The van der Waals surface area contributed by atoms with E-state index in [0.717, 1.165) is 18.4 Å². The zero-order chi connectivity index (χ0) is 17.7. The van der Waals surface area contributed by atoms with Crippen LogP contribution in [0.4, 0.5) is 0 Å². The number of aromatic hydroxyl groups is 1. The van der Waals surface area contributed by atoms with Crippen molar-refractivity contribution in [2.45, 2.75) is 39.5 Å². The maximum Gasteiger partial charge on any atom is 0.325 e. The van der Waals surface area contributed by atoms with Gasteiger partial charge in [-0.1, -0.05) is 26.0 Å². The largest absolute Gasteiger partial charge is 0.508 e. The Balaban J connectivity index is 1.93. The molecule has 0 aliphatic heterocycles. The Morgan fingerprint density at radius 1 is 1.25 bits per heavy atom. The molecule has 1 fully saturated rings. The second-order valence-corrected chi connectivity index (χ2v) is 6.87. The van der Waals surface area contributed by atoms with Crippen molar-refractivity contribution >= 4 is 11.9 Å². The highest BCUT2D eigenvalue weighted by Gasteiger charge is 2.38. The SMILES string of the molecule is CCOC(=O)CN(CC(C)C)C(=O)C1CC(c2ccc(O)cc2)C1. The van der Waals surface area contributed by atoms with Gasteiger partial charge in [-0.25, -0.2) is 0 Å². The zero-order valence-corrected chi connectivity index (χ0v) is 14.7. The number of carbonyl (C=O) groups excluding carboxylic acids is 2. The van der Waals surface area contributed by atoms with Gasteiger partial charge in [-0.2, -0.15) is 0 Å². The smallest absolute Gasteiger partial charge is 0.325 e. The van der Waals surface area contributed by atoms with Gasteiger partial charge in [0.05, 0.1) is 6.61 Å². The monoisotopic (exact) mass is 333 g/mol. The van der Waals surface area contributed by atoms with E-state index in [0.29, 0.717) is 25.0 Å². The normalized spacial score (nSPS) is 19.7. The molecule has 1 aliphatic rings. The lowest BCUT2D eigenvalue weighted by Crippen LogP contribution is -2.45. The topological polar surface area (TPSA) is 66.8 Å². The molecule has 0 heterocycles. The first kappa shape index (κ1) is 18.3. The third-order valence-corrected chi connectivity index (χ3v) is 4.37. The predicted octanol–water partition coefficient (Wildman–Crippen LogP) is 2.93. The zero-order valence-electron chi connectivity index (χ0n) is 14.7. The lowest BCUT2D eigenvalue weighted by atomic mass is 9.71. The predicted molar refractivity (Wildman–Crippen MR) is 91.6 cm³/mol. The van der Waals surface area contributed by atoms with Crippen molar-refractivity contribution in [3.8, 4) is 5.75 Å². The minimum Gasteiger partial charge on any atom is -0.508 e. The van der Waals surface area contributed by atoms with Gasteiger partial charge in [0.2, 0.25) is 5.91 Å². The van der Waals surface area contributed by atoms with Gasteiger partial charge in [0.1, 0.15) is 12.3 Å². The molecule has 1 saturated carbocycles. The van der Waals surface area contributed by atoms with Crippen LogP contribution in [0.15, 0.2) is 24.3 Å². The molecule has 1 aromatic rings. The summed E-state index contributed by atoms with van der Waals surface area (Å²) in [7, 11) is 0. The molecule has 1 N–H and O–H groups in total. The Morgan fingerprint density at radius 2 is 1.88 bits per heavy atom. The second-order valence-electron chi connectivity index (χ2n) is 6.87. The maximum absolute atomic E-state index is 12.7. The number of ether oxygens (including phenoxy) is 1. The van der Waals surface area contributed by atoms with Crippen LogP contribution in [0.2, 0.25) is 0 Å². The molecule has 5 heteroatoms. The van der Waals surface area contributed by atoms with Gasteiger partial charge in [-0.3, -0.25) is 9.59 Å². The lowest BCUT2D eigenvalue weighted by Gasteiger charge is -2.38. The molecule has 0 spiro atoms. The van der Waals surface area contributed by atoms with Crippen molar-refractivity contribution in [2.24, 2.45) is 11.8 Å². The number of nitrogens with zero attached hydrogens (tertiary/aromatic N) is 1. The highest BCUT2D eigenvalue weighted by molar-refractivity contribution is 5.84. The van der Waals surface area contributed by atoms with Crippen molar-refractivity contribution in [3.63, 3.8) is 0 Å². The minimum atomic E-state index is -0.346. The number of phenols is 1. The third-order valence-electron chi connectivity index (χ3n) is 4.37. The lowest BCUT2D eigenvalue weighted by molar-refractivity contribution is -0.151. The Kier molecular flexibility index (Phi) is 6.23. The second kappa shape index (κ2) is 8.18. The van der Waals surface area contributed by atoms with Gasteiger partial charge >= 0.3 is 5.97 Å². The van der Waals surface area contributed by atoms with E-state index in [1.165, 1.54) is 0 Å². The van der Waals surface area contributed by atoms with Crippen molar-refractivity contribution < 1.29 is 19.4 Å². The molecule has 0 atom stereocenters. The number of hydrogen-bond donors (Lipinski definition) is 1.